The van der Waals surface area contributed by atoms with Gasteiger partial charge in [0, 0.05) is 6.04 Å². The summed E-state index contributed by atoms with van der Waals surface area (Å²) in [4.78, 5) is 0. The minimum absolute atomic E-state index is 0.278. The quantitative estimate of drug-likeness (QED) is 0.860. The van der Waals surface area contributed by atoms with Gasteiger partial charge in [0.25, 0.3) is 0 Å². The Morgan fingerprint density at radius 1 is 1.17 bits per heavy atom. The Balaban J connectivity index is 2.27. The molecule has 0 bridgehead atoms. The Bertz CT molecular complexity index is 535. The number of nitrogens with one attached hydrogen (secondary N) is 2. The zero-order chi connectivity index (χ0) is 13.3. The molecule has 3 nitrogen and oxygen atoms in total. The highest BCUT2D eigenvalue weighted by molar-refractivity contribution is 5.53. The fourth-order valence-electron chi connectivity index (χ4n) is 2.28. The summed E-state index contributed by atoms with van der Waals surface area (Å²) in [6.07, 6.45) is 0. The van der Waals surface area contributed by atoms with Crippen molar-refractivity contribution < 1.29 is 0 Å². The largest absolute Gasteiger partial charge is 0.376 e. The Kier molecular flexibility index (Phi) is 3.41. The van der Waals surface area contributed by atoms with Crippen LogP contribution in [0.3, 0.4) is 0 Å². The Labute approximate surface area is 109 Å². The van der Waals surface area contributed by atoms with Gasteiger partial charge in [0.1, 0.15) is 0 Å². The number of nitrogens with zero attached hydrogens (tertiary/aromatic N) is 1. The predicted molar refractivity (Wildman–Crippen MR) is 76.0 cm³/mol. The smallest absolute Gasteiger partial charge is 0.0825 e. The van der Waals surface area contributed by atoms with Crippen molar-refractivity contribution in [1.82, 2.24) is 10.2 Å². The van der Waals surface area contributed by atoms with Crippen LogP contribution in [0.4, 0.5) is 5.69 Å². The van der Waals surface area contributed by atoms with E-state index in [1.54, 1.807) is 0 Å². The molecule has 0 aliphatic carbocycles. The fourth-order valence-corrected chi connectivity index (χ4v) is 2.28. The molecule has 18 heavy (non-hydrogen) atoms. The molecule has 2 aromatic rings. The van der Waals surface area contributed by atoms with Crippen molar-refractivity contribution in [2.24, 2.45) is 0 Å². The molecule has 1 atom stereocenters. The minimum atomic E-state index is 0.278. The van der Waals surface area contributed by atoms with Crippen LogP contribution in [0.25, 0.3) is 0 Å². The third-order valence-electron chi connectivity index (χ3n) is 3.39. The first-order valence-corrected chi connectivity index (χ1v) is 6.34. The van der Waals surface area contributed by atoms with E-state index in [0.717, 1.165) is 17.1 Å². The van der Waals surface area contributed by atoms with Crippen LogP contribution < -0.4 is 5.32 Å². The van der Waals surface area contributed by atoms with E-state index in [1.165, 1.54) is 16.7 Å². The van der Waals surface area contributed by atoms with Crippen molar-refractivity contribution in [2.75, 3.05) is 5.32 Å². The minimum Gasteiger partial charge on any atom is -0.376 e. The summed E-state index contributed by atoms with van der Waals surface area (Å²) in [6, 6.07) is 6.86. The summed E-state index contributed by atoms with van der Waals surface area (Å²) in [6.45, 7) is 10.5. The molecule has 1 heterocycles. The van der Waals surface area contributed by atoms with Crippen LogP contribution >= 0.6 is 0 Å². The Morgan fingerprint density at radius 3 is 2.50 bits per heavy atom. The van der Waals surface area contributed by atoms with Gasteiger partial charge in [0.05, 0.1) is 17.1 Å². The summed E-state index contributed by atoms with van der Waals surface area (Å²) >= 11 is 0. The molecular formula is C15H21N3. The first-order chi connectivity index (χ1) is 8.49. The monoisotopic (exact) mass is 243 g/mol. The lowest BCUT2D eigenvalue weighted by Crippen LogP contribution is -2.09. The maximum absolute atomic E-state index is 4.22. The van der Waals surface area contributed by atoms with E-state index in [1.807, 2.05) is 13.8 Å². The van der Waals surface area contributed by atoms with Crippen LogP contribution in [0.2, 0.25) is 0 Å². The lowest BCUT2D eigenvalue weighted by atomic mass is 10.00. The molecule has 0 aliphatic heterocycles. The van der Waals surface area contributed by atoms with Gasteiger partial charge in [-0.3, -0.25) is 5.10 Å². The van der Waals surface area contributed by atoms with Crippen LogP contribution in [-0.4, -0.2) is 10.2 Å². The average molecular weight is 243 g/mol. The van der Waals surface area contributed by atoms with Gasteiger partial charge in [-0.1, -0.05) is 23.8 Å². The molecule has 0 spiro atoms. The second-order valence-corrected chi connectivity index (χ2v) is 5.04. The molecule has 1 unspecified atom stereocenters. The van der Waals surface area contributed by atoms with E-state index >= 15 is 0 Å². The van der Waals surface area contributed by atoms with E-state index in [0.29, 0.717) is 0 Å². The van der Waals surface area contributed by atoms with Crippen molar-refractivity contribution in [2.45, 2.75) is 40.7 Å². The molecule has 2 N–H and O–H groups in total. The molecule has 0 radical (unpaired) electrons. The van der Waals surface area contributed by atoms with Gasteiger partial charge >= 0.3 is 0 Å². The fraction of sp³-hybridized carbons (Fsp3) is 0.400. The molecule has 0 saturated carbocycles. The summed E-state index contributed by atoms with van der Waals surface area (Å²) in [5.41, 5.74) is 7.18. The first-order valence-electron chi connectivity index (χ1n) is 6.34. The summed E-state index contributed by atoms with van der Waals surface area (Å²) in [5, 5.41) is 10.8. The zero-order valence-electron chi connectivity index (χ0n) is 11.8. The molecule has 96 valence electrons. The standard InChI is InChI=1S/C15H21N3/c1-9-6-7-10(2)14(8-9)11(3)16-15-12(4)17-18-13(15)5/h6-8,11,16H,1-5H3,(H,17,18). The zero-order valence-corrected chi connectivity index (χ0v) is 11.8. The number of anilines is 1. The highest BCUT2D eigenvalue weighted by Crippen LogP contribution is 2.26. The average Bonchev–Trinajstić information content (AvgIpc) is 2.64. The lowest BCUT2D eigenvalue weighted by molar-refractivity contribution is 0.868. The molecule has 0 aliphatic rings. The SMILES string of the molecule is Cc1ccc(C)c(C(C)Nc2c(C)n[nH]c2C)c1. The highest BCUT2D eigenvalue weighted by atomic mass is 15.2. The number of aryl methyl sites for hydroxylation is 4. The Morgan fingerprint density at radius 2 is 1.89 bits per heavy atom. The number of H-pyrrole nitrogens is 1. The van der Waals surface area contributed by atoms with Gasteiger partial charge in [-0.25, -0.2) is 0 Å². The van der Waals surface area contributed by atoms with E-state index in [2.05, 4.69) is 54.5 Å². The van der Waals surface area contributed by atoms with Gasteiger partial charge < -0.3 is 5.32 Å². The number of benzene rings is 1. The van der Waals surface area contributed by atoms with Crippen molar-refractivity contribution in [1.29, 1.82) is 0 Å². The van der Waals surface area contributed by atoms with Gasteiger partial charge in [-0.2, -0.15) is 5.10 Å². The van der Waals surface area contributed by atoms with Crippen molar-refractivity contribution in [3.05, 3.63) is 46.3 Å². The molecule has 3 heteroatoms. The number of aromatic amines is 1. The van der Waals surface area contributed by atoms with Crippen LogP contribution in [0.1, 0.15) is 41.0 Å². The molecule has 2 rings (SSSR count). The first kappa shape index (κ1) is 12.7. The third-order valence-corrected chi connectivity index (χ3v) is 3.39. The molecule has 0 amide bonds. The third kappa shape index (κ3) is 2.40. The summed E-state index contributed by atoms with van der Waals surface area (Å²) < 4.78 is 0. The summed E-state index contributed by atoms with van der Waals surface area (Å²) in [7, 11) is 0. The molecule has 1 aromatic carbocycles. The number of aromatic nitrogens is 2. The maximum Gasteiger partial charge on any atom is 0.0825 e. The highest BCUT2D eigenvalue weighted by Gasteiger charge is 2.12. The second-order valence-electron chi connectivity index (χ2n) is 5.04. The van der Waals surface area contributed by atoms with Crippen LogP contribution in [-0.2, 0) is 0 Å². The van der Waals surface area contributed by atoms with Crippen molar-refractivity contribution >= 4 is 5.69 Å². The van der Waals surface area contributed by atoms with Crippen molar-refractivity contribution in [3.63, 3.8) is 0 Å². The van der Waals surface area contributed by atoms with Gasteiger partial charge in [-0.05, 0) is 45.7 Å². The number of hydrogen-bond acceptors (Lipinski definition) is 2. The molecular weight excluding hydrogens is 222 g/mol. The number of hydrogen-bond donors (Lipinski definition) is 2. The van der Waals surface area contributed by atoms with Crippen molar-refractivity contribution in [3.8, 4) is 0 Å². The van der Waals surface area contributed by atoms with E-state index in [9.17, 15) is 0 Å². The molecule has 1 aromatic heterocycles. The molecule has 0 saturated heterocycles. The van der Waals surface area contributed by atoms with E-state index in [-0.39, 0.29) is 6.04 Å². The number of rotatable bonds is 3. The maximum atomic E-state index is 4.22. The van der Waals surface area contributed by atoms with Crippen LogP contribution in [0.5, 0.6) is 0 Å². The van der Waals surface area contributed by atoms with Gasteiger partial charge in [-0.15, -0.1) is 0 Å². The van der Waals surface area contributed by atoms with Gasteiger partial charge in [0.15, 0.2) is 0 Å². The normalized spacial score (nSPS) is 12.5. The lowest BCUT2D eigenvalue weighted by Gasteiger charge is -2.18. The van der Waals surface area contributed by atoms with Crippen LogP contribution in [0.15, 0.2) is 18.2 Å². The van der Waals surface area contributed by atoms with E-state index in [4.69, 9.17) is 0 Å². The molecule has 0 fully saturated rings. The van der Waals surface area contributed by atoms with Gasteiger partial charge in [0.2, 0.25) is 0 Å². The summed E-state index contributed by atoms with van der Waals surface area (Å²) in [5.74, 6) is 0. The van der Waals surface area contributed by atoms with Crippen LogP contribution in [0, 0.1) is 27.7 Å². The van der Waals surface area contributed by atoms with E-state index < -0.39 is 0 Å². The predicted octanol–water partition coefficient (Wildman–Crippen LogP) is 3.82. The topological polar surface area (TPSA) is 40.7 Å². The Hall–Kier alpha value is -1.77. The second kappa shape index (κ2) is 4.84.